The quantitative estimate of drug-likeness (QED) is 0.632. The lowest BCUT2D eigenvalue weighted by Gasteiger charge is -2.01. The van der Waals surface area contributed by atoms with E-state index in [9.17, 15) is 0 Å². The molecule has 0 bridgehead atoms. The van der Waals surface area contributed by atoms with Crippen LogP contribution in [0.2, 0.25) is 0 Å². The third-order valence-electron chi connectivity index (χ3n) is 1.63. The van der Waals surface area contributed by atoms with Gasteiger partial charge in [0.1, 0.15) is 0 Å². The molecule has 0 saturated carbocycles. The highest BCUT2D eigenvalue weighted by Crippen LogP contribution is 2.19. The van der Waals surface area contributed by atoms with Crippen LogP contribution in [0.25, 0.3) is 6.08 Å². The largest absolute Gasteiger partial charge is 0.262 e. The molecule has 0 unspecified atom stereocenters. The lowest BCUT2D eigenvalue weighted by Crippen LogP contribution is -1.84. The van der Waals surface area contributed by atoms with Gasteiger partial charge in [0.15, 0.2) is 0 Å². The van der Waals surface area contributed by atoms with Gasteiger partial charge in [-0.1, -0.05) is 5.57 Å². The van der Waals surface area contributed by atoms with Crippen molar-refractivity contribution in [3.8, 4) is 0 Å². The summed E-state index contributed by atoms with van der Waals surface area (Å²) in [6.07, 6.45) is 3.84. The molecule has 0 radical (unpaired) electrons. The number of nitrogens with zero attached hydrogens (tertiary/aromatic N) is 2. The normalized spacial score (nSPS) is 9.46. The van der Waals surface area contributed by atoms with Gasteiger partial charge in [0.25, 0.3) is 0 Å². The van der Waals surface area contributed by atoms with Crippen LogP contribution in [0.5, 0.6) is 0 Å². The third kappa shape index (κ3) is 2.51. The zero-order valence-electron chi connectivity index (χ0n) is 8.33. The maximum absolute atomic E-state index is 4.28. The van der Waals surface area contributed by atoms with E-state index in [4.69, 9.17) is 0 Å². The number of pyridine rings is 1. The highest BCUT2D eigenvalue weighted by Gasteiger charge is 1.98. The highest BCUT2D eigenvalue weighted by atomic mass is 14.8. The molecule has 1 aromatic rings. The van der Waals surface area contributed by atoms with E-state index in [1.165, 1.54) is 5.57 Å². The van der Waals surface area contributed by atoms with Crippen molar-refractivity contribution in [2.24, 2.45) is 4.99 Å². The fourth-order valence-corrected chi connectivity index (χ4v) is 1.08. The van der Waals surface area contributed by atoms with Gasteiger partial charge in [0.2, 0.25) is 0 Å². The standard InChI is InChI=1S/C11H14N2/c1-8(2)5-11-10(12-4)6-9(3)7-13-11/h5-7H,4H2,1-3H3. The van der Waals surface area contributed by atoms with Crippen molar-refractivity contribution in [1.29, 1.82) is 0 Å². The number of allylic oxidation sites excluding steroid dienone is 1. The monoisotopic (exact) mass is 174 g/mol. The molecule has 0 aromatic carbocycles. The molecule has 1 heterocycles. The first-order chi connectivity index (χ1) is 6.13. The lowest BCUT2D eigenvalue weighted by atomic mass is 10.2. The van der Waals surface area contributed by atoms with Crippen LogP contribution in [0, 0.1) is 6.92 Å². The summed E-state index contributed by atoms with van der Waals surface area (Å²) in [5.74, 6) is 0. The van der Waals surface area contributed by atoms with E-state index in [0.717, 1.165) is 16.9 Å². The van der Waals surface area contributed by atoms with Crippen LogP contribution in [0.15, 0.2) is 22.8 Å². The molecular weight excluding hydrogens is 160 g/mol. The summed E-state index contributed by atoms with van der Waals surface area (Å²) in [6.45, 7) is 9.59. The molecule has 68 valence electrons. The Kier molecular flexibility index (Phi) is 2.96. The molecule has 0 spiro atoms. The first-order valence-corrected chi connectivity index (χ1v) is 4.22. The van der Waals surface area contributed by atoms with Crippen LogP contribution < -0.4 is 0 Å². The van der Waals surface area contributed by atoms with E-state index in [-0.39, 0.29) is 0 Å². The Bertz CT molecular complexity index is 347. The first-order valence-electron chi connectivity index (χ1n) is 4.22. The second kappa shape index (κ2) is 3.99. The number of aryl methyl sites for hydroxylation is 1. The van der Waals surface area contributed by atoms with Crippen molar-refractivity contribution in [3.63, 3.8) is 0 Å². The van der Waals surface area contributed by atoms with Crippen LogP contribution in [0.1, 0.15) is 25.1 Å². The molecule has 0 amide bonds. The molecule has 2 heteroatoms. The number of aromatic nitrogens is 1. The second-order valence-electron chi connectivity index (χ2n) is 3.30. The molecule has 0 fully saturated rings. The number of rotatable bonds is 2. The van der Waals surface area contributed by atoms with Crippen molar-refractivity contribution >= 4 is 18.5 Å². The Morgan fingerprint density at radius 3 is 2.77 bits per heavy atom. The van der Waals surface area contributed by atoms with Crippen molar-refractivity contribution in [2.45, 2.75) is 20.8 Å². The molecule has 0 saturated heterocycles. The molecule has 0 atom stereocenters. The van der Waals surface area contributed by atoms with Gasteiger partial charge in [-0.2, -0.15) is 0 Å². The summed E-state index contributed by atoms with van der Waals surface area (Å²) in [5.41, 5.74) is 4.05. The molecule has 0 aliphatic carbocycles. The minimum atomic E-state index is 0.848. The van der Waals surface area contributed by atoms with Crippen molar-refractivity contribution in [1.82, 2.24) is 4.98 Å². The maximum atomic E-state index is 4.28. The Hall–Kier alpha value is -1.44. The zero-order chi connectivity index (χ0) is 9.84. The molecule has 0 N–H and O–H groups in total. The summed E-state index contributed by atoms with van der Waals surface area (Å²) in [5, 5.41) is 0. The van der Waals surface area contributed by atoms with Crippen molar-refractivity contribution < 1.29 is 0 Å². The van der Waals surface area contributed by atoms with Gasteiger partial charge in [-0.25, -0.2) is 0 Å². The Morgan fingerprint density at radius 1 is 1.54 bits per heavy atom. The average Bonchev–Trinajstić information content (AvgIpc) is 2.07. The Balaban J connectivity index is 3.21. The van der Waals surface area contributed by atoms with Crippen LogP contribution in [-0.2, 0) is 0 Å². The van der Waals surface area contributed by atoms with Gasteiger partial charge in [-0.15, -0.1) is 0 Å². The van der Waals surface area contributed by atoms with E-state index in [1.54, 1.807) is 0 Å². The minimum absolute atomic E-state index is 0.848. The summed E-state index contributed by atoms with van der Waals surface area (Å²) in [7, 11) is 0. The lowest BCUT2D eigenvalue weighted by molar-refractivity contribution is 1.22. The van der Waals surface area contributed by atoms with Crippen molar-refractivity contribution in [2.75, 3.05) is 0 Å². The molecule has 2 nitrogen and oxygen atoms in total. The van der Waals surface area contributed by atoms with E-state index in [2.05, 4.69) is 16.7 Å². The minimum Gasteiger partial charge on any atom is -0.262 e. The number of aliphatic imine (C=N–C) groups is 1. The van der Waals surface area contributed by atoms with Crippen LogP contribution in [0.4, 0.5) is 5.69 Å². The molecule has 1 aromatic heterocycles. The van der Waals surface area contributed by atoms with Crippen molar-refractivity contribution in [3.05, 3.63) is 29.1 Å². The molecular formula is C11H14N2. The van der Waals surface area contributed by atoms with E-state index < -0.39 is 0 Å². The Morgan fingerprint density at radius 2 is 2.23 bits per heavy atom. The fraction of sp³-hybridized carbons (Fsp3) is 0.273. The Labute approximate surface area is 79.0 Å². The summed E-state index contributed by atoms with van der Waals surface area (Å²) in [4.78, 5) is 8.21. The number of hydrogen-bond acceptors (Lipinski definition) is 2. The zero-order valence-corrected chi connectivity index (χ0v) is 8.33. The fourth-order valence-electron chi connectivity index (χ4n) is 1.08. The average molecular weight is 174 g/mol. The van der Waals surface area contributed by atoms with Crippen LogP contribution >= 0.6 is 0 Å². The van der Waals surface area contributed by atoms with Gasteiger partial charge in [0.05, 0.1) is 11.4 Å². The van der Waals surface area contributed by atoms with Gasteiger partial charge in [-0.3, -0.25) is 9.98 Å². The SMILES string of the molecule is C=Nc1cc(C)cnc1C=C(C)C. The topological polar surface area (TPSA) is 25.2 Å². The summed E-state index contributed by atoms with van der Waals surface area (Å²) < 4.78 is 0. The second-order valence-corrected chi connectivity index (χ2v) is 3.30. The van der Waals surface area contributed by atoms with Gasteiger partial charge in [-0.05, 0) is 45.2 Å². The van der Waals surface area contributed by atoms with Gasteiger partial charge < -0.3 is 0 Å². The predicted octanol–water partition coefficient (Wildman–Crippen LogP) is 3.15. The van der Waals surface area contributed by atoms with Gasteiger partial charge in [0, 0.05) is 6.20 Å². The number of hydrogen-bond donors (Lipinski definition) is 0. The van der Waals surface area contributed by atoms with E-state index in [0.29, 0.717) is 0 Å². The summed E-state index contributed by atoms with van der Waals surface area (Å²) in [6, 6.07) is 1.98. The van der Waals surface area contributed by atoms with Crippen LogP contribution in [-0.4, -0.2) is 11.7 Å². The van der Waals surface area contributed by atoms with Crippen LogP contribution in [0.3, 0.4) is 0 Å². The predicted molar refractivity (Wildman–Crippen MR) is 57.5 cm³/mol. The van der Waals surface area contributed by atoms with Gasteiger partial charge >= 0.3 is 0 Å². The summed E-state index contributed by atoms with van der Waals surface area (Å²) >= 11 is 0. The highest BCUT2D eigenvalue weighted by molar-refractivity contribution is 5.64. The molecule has 1 rings (SSSR count). The molecule has 0 aliphatic heterocycles. The third-order valence-corrected chi connectivity index (χ3v) is 1.63. The first kappa shape index (κ1) is 9.65. The molecule has 13 heavy (non-hydrogen) atoms. The molecule has 0 aliphatic rings. The van der Waals surface area contributed by atoms with E-state index in [1.807, 2.05) is 39.1 Å². The smallest absolute Gasteiger partial charge is 0.0885 e. The van der Waals surface area contributed by atoms with E-state index >= 15 is 0 Å². The maximum Gasteiger partial charge on any atom is 0.0885 e.